The minimum Gasteiger partial charge on any atom is -0.327 e. The summed E-state index contributed by atoms with van der Waals surface area (Å²) in [5.41, 5.74) is 0.770. The first-order valence-electron chi connectivity index (χ1n) is 6.25. The molecule has 2 saturated heterocycles. The fourth-order valence-corrected chi connectivity index (χ4v) is 2.83. The van der Waals surface area contributed by atoms with Crippen LogP contribution in [0, 0.1) is 0 Å². The Hall–Kier alpha value is -1.40. The number of nitrogens with one attached hydrogen (secondary N) is 1. The molecule has 6 heteroatoms. The van der Waals surface area contributed by atoms with Crippen LogP contribution in [-0.2, 0) is 9.59 Å². The fourth-order valence-electron chi connectivity index (χ4n) is 2.57. The molecule has 1 unspecified atom stereocenters. The highest BCUT2D eigenvalue weighted by molar-refractivity contribution is 9.10. The summed E-state index contributed by atoms with van der Waals surface area (Å²) in [6, 6.07) is 7.52. The quantitative estimate of drug-likeness (QED) is 0.770. The van der Waals surface area contributed by atoms with E-state index in [0.29, 0.717) is 13.1 Å². The van der Waals surface area contributed by atoms with E-state index < -0.39 is 5.91 Å². The van der Waals surface area contributed by atoms with Crippen molar-refractivity contribution in [3.8, 4) is 0 Å². The number of hydrogen-bond acceptors (Lipinski definition) is 3. The molecule has 1 N–H and O–H groups in total. The highest BCUT2D eigenvalue weighted by Gasteiger charge is 2.40. The van der Waals surface area contributed by atoms with E-state index in [9.17, 15) is 9.59 Å². The number of fused-ring (bicyclic) bond motifs is 1. The summed E-state index contributed by atoms with van der Waals surface area (Å²) in [6.07, 6.45) is 0. The van der Waals surface area contributed by atoms with Crippen molar-refractivity contribution in [3.63, 3.8) is 0 Å². The molecule has 2 amide bonds. The highest BCUT2D eigenvalue weighted by Crippen LogP contribution is 2.23. The normalized spacial score (nSPS) is 23.5. The lowest BCUT2D eigenvalue weighted by atomic mass is 10.1. The molecule has 2 aliphatic rings. The zero-order valence-electron chi connectivity index (χ0n) is 10.3. The van der Waals surface area contributed by atoms with Gasteiger partial charge in [-0.1, -0.05) is 15.9 Å². The second-order valence-corrected chi connectivity index (χ2v) is 5.66. The first-order valence-corrected chi connectivity index (χ1v) is 7.05. The molecule has 1 aromatic carbocycles. The SMILES string of the molecule is O=C1C(=O)N2CCNCC2CN1c1ccc(Br)cc1. The van der Waals surface area contributed by atoms with Crippen molar-refractivity contribution < 1.29 is 9.59 Å². The summed E-state index contributed by atoms with van der Waals surface area (Å²) in [7, 11) is 0. The third kappa shape index (κ3) is 2.26. The van der Waals surface area contributed by atoms with E-state index in [1.165, 1.54) is 0 Å². The van der Waals surface area contributed by atoms with Crippen LogP contribution in [0.2, 0.25) is 0 Å². The molecule has 2 fully saturated rings. The summed E-state index contributed by atoms with van der Waals surface area (Å²) >= 11 is 3.36. The predicted octanol–water partition coefficient (Wildman–Crippen LogP) is 0.596. The number of benzene rings is 1. The zero-order chi connectivity index (χ0) is 13.4. The monoisotopic (exact) mass is 323 g/mol. The molecule has 2 aliphatic heterocycles. The Morgan fingerprint density at radius 1 is 1.16 bits per heavy atom. The van der Waals surface area contributed by atoms with Crippen LogP contribution < -0.4 is 10.2 Å². The second-order valence-electron chi connectivity index (χ2n) is 4.75. The van der Waals surface area contributed by atoms with Gasteiger partial charge in [0, 0.05) is 36.3 Å². The van der Waals surface area contributed by atoms with Crippen LogP contribution >= 0.6 is 15.9 Å². The summed E-state index contributed by atoms with van der Waals surface area (Å²) in [5, 5.41) is 3.26. The van der Waals surface area contributed by atoms with Gasteiger partial charge in [0.25, 0.3) is 0 Å². The summed E-state index contributed by atoms with van der Waals surface area (Å²) in [5.74, 6) is -0.818. The Balaban J connectivity index is 1.88. The van der Waals surface area contributed by atoms with E-state index in [4.69, 9.17) is 0 Å². The Kier molecular flexibility index (Phi) is 3.28. The van der Waals surface area contributed by atoms with Crippen molar-refractivity contribution in [1.29, 1.82) is 0 Å². The molecule has 5 nitrogen and oxygen atoms in total. The topological polar surface area (TPSA) is 52.7 Å². The Morgan fingerprint density at radius 3 is 2.63 bits per heavy atom. The number of nitrogens with zero attached hydrogens (tertiary/aromatic N) is 2. The minimum absolute atomic E-state index is 0.0718. The second kappa shape index (κ2) is 4.94. The van der Waals surface area contributed by atoms with E-state index in [1.807, 2.05) is 24.3 Å². The maximum atomic E-state index is 12.2. The number of amides is 2. The number of rotatable bonds is 1. The van der Waals surface area contributed by atoms with E-state index in [2.05, 4.69) is 21.2 Å². The van der Waals surface area contributed by atoms with Crippen LogP contribution in [0.3, 0.4) is 0 Å². The van der Waals surface area contributed by atoms with E-state index in [0.717, 1.165) is 23.2 Å². The number of halogens is 1. The first-order chi connectivity index (χ1) is 9.16. The summed E-state index contributed by atoms with van der Waals surface area (Å²) < 4.78 is 0.952. The Bertz CT molecular complexity index is 517. The molecular weight excluding hydrogens is 310 g/mol. The van der Waals surface area contributed by atoms with E-state index in [-0.39, 0.29) is 11.9 Å². The maximum Gasteiger partial charge on any atom is 0.316 e. The first kappa shape index (κ1) is 12.6. The van der Waals surface area contributed by atoms with Gasteiger partial charge in [-0.2, -0.15) is 0 Å². The third-order valence-corrected chi connectivity index (χ3v) is 4.10. The molecule has 1 atom stereocenters. The van der Waals surface area contributed by atoms with Crippen molar-refractivity contribution in [3.05, 3.63) is 28.7 Å². The van der Waals surface area contributed by atoms with Crippen molar-refractivity contribution in [2.24, 2.45) is 0 Å². The van der Waals surface area contributed by atoms with Crippen LogP contribution in [-0.4, -0.2) is 48.9 Å². The van der Waals surface area contributed by atoms with Crippen molar-refractivity contribution in [2.75, 3.05) is 31.1 Å². The molecule has 3 rings (SSSR count). The van der Waals surface area contributed by atoms with Crippen LogP contribution in [0.1, 0.15) is 0 Å². The molecule has 0 radical (unpaired) electrons. The molecule has 0 bridgehead atoms. The Labute approximate surface area is 119 Å². The van der Waals surface area contributed by atoms with Crippen molar-refractivity contribution in [2.45, 2.75) is 6.04 Å². The molecule has 0 aromatic heterocycles. The largest absolute Gasteiger partial charge is 0.327 e. The predicted molar refractivity (Wildman–Crippen MR) is 74.9 cm³/mol. The lowest BCUT2D eigenvalue weighted by molar-refractivity contribution is -0.149. The van der Waals surface area contributed by atoms with Gasteiger partial charge in [0.2, 0.25) is 0 Å². The van der Waals surface area contributed by atoms with Gasteiger partial charge in [-0.05, 0) is 24.3 Å². The van der Waals surface area contributed by atoms with Crippen molar-refractivity contribution >= 4 is 33.4 Å². The van der Waals surface area contributed by atoms with Gasteiger partial charge in [-0.25, -0.2) is 0 Å². The molecule has 0 spiro atoms. The van der Waals surface area contributed by atoms with Crippen molar-refractivity contribution in [1.82, 2.24) is 10.2 Å². The minimum atomic E-state index is -0.430. The summed E-state index contributed by atoms with van der Waals surface area (Å²) in [4.78, 5) is 27.5. The van der Waals surface area contributed by atoms with Crippen LogP contribution in [0.5, 0.6) is 0 Å². The number of carbonyl (C=O) groups is 2. The lowest BCUT2D eigenvalue weighted by Gasteiger charge is -2.43. The molecule has 1 aromatic rings. The number of hydrogen-bond donors (Lipinski definition) is 1. The smallest absolute Gasteiger partial charge is 0.316 e. The summed E-state index contributed by atoms with van der Waals surface area (Å²) in [6.45, 7) is 2.67. The molecule has 0 aliphatic carbocycles. The zero-order valence-corrected chi connectivity index (χ0v) is 11.9. The van der Waals surface area contributed by atoms with Gasteiger partial charge < -0.3 is 15.1 Å². The number of piperazine rings is 2. The Morgan fingerprint density at radius 2 is 1.89 bits per heavy atom. The van der Waals surface area contributed by atoms with Gasteiger partial charge in [0.1, 0.15) is 0 Å². The molecule has 0 saturated carbocycles. The average molecular weight is 324 g/mol. The standard InChI is InChI=1S/C13H14BrN3O2/c14-9-1-3-10(4-2-9)17-8-11-7-15-5-6-16(11)12(18)13(17)19/h1-4,11,15H,5-8H2. The van der Waals surface area contributed by atoms with Gasteiger partial charge in [-0.3, -0.25) is 9.59 Å². The molecule has 100 valence electrons. The van der Waals surface area contributed by atoms with Gasteiger partial charge in [-0.15, -0.1) is 0 Å². The van der Waals surface area contributed by atoms with Gasteiger partial charge in [0.15, 0.2) is 0 Å². The third-order valence-electron chi connectivity index (χ3n) is 3.57. The number of anilines is 1. The lowest BCUT2D eigenvalue weighted by Crippen LogP contribution is -2.65. The van der Waals surface area contributed by atoms with Crippen LogP contribution in [0.15, 0.2) is 28.7 Å². The van der Waals surface area contributed by atoms with Crippen LogP contribution in [0.25, 0.3) is 0 Å². The average Bonchev–Trinajstić information content (AvgIpc) is 2.44. The number of carbonyl (C=O) groups excluding carboxylic acids is 2. The maximum absolute atomic E-state index is 12.2. The molecule has 2 heterocycles. The van der Waals surface area contributed by atoms with Gasteiger partial charge >= 0.3 is 11.8 Å². The van der Waals surface area contributed by atoms with E-state index in [1.54, 1.807) is 9.80 Å². The molecular formula is C13H14BrN3O2. The fraction of sp³-hybridized carbons (Fsp3) is 0.385. The van der Waals surface area contributed by atoms with Gasteiger partial charge in [0.05, 0.1) is 6.04 Å². The van der Waals surface area contributed by atoms with Crippen LogP contribution in [0.4, 0.5) is 5.69 Å². The molecule has 19 heavy (non-hydrogen) atoms. The van der Waals surface area contributed by atoms with E-state index >= 15 is 0 Å². The highest BCUT2D eigenvalue weighted by atomic mass is 79.9.